The molecule has 1 aromatic heterocycles. The molecule has 0 aliphatic rings. The van der Waals surface area contributed by atoms with Gasteiger partial charge in [-0.2, -0.15) is 8.78 Å². The summed E-state index contributed by atoms with van der Waals surface area (Å²) in [4.78, 5) is 39.8. The van der Waals surface area contributed by atoms with Gasteiger partial charge in [-0.3, -0.25) is 9.05 Å². The van der Waals surface area contributed by atoms with Gasteiger partial charge in [0.1, 0.15) is 4.88 Å². The largest absolute Gasteiger partial charge is 0.506 e. The molecule has 2 amide bonds. The van der Waals surface area contributed by atoms with E-state index in [2.05, 4.69) is 4.74 Å². The van der Waals surface area contributed by atoms with E-state index in [0.717, 1.165) is 11.3 Å². The first-order valence-electron chi connectivity index (χ1n) is 13.3. The Balaban J connectivity index is 2.18. The van der Waals surface area contributed by atoms with E-state index in [4.69, 9.17) is 18.5 Å². The van der Waals surface area contributed by atoms with Crippen molar-refractivity contribution in [2.45, 2.75) is 59.2 Å². The summed E-state index contributed by atoms with van der Waals surface area (Å²) in [6.45, 7) is 6.29. The number of alkyl halides is 2. The summed E-state index contributed by atoms with van der Waals surface area (Å²) in [6, 6.07) is 8.14. The lowest BCUT2D eigenvalue weighted by molar-refractivity contribution is -0.158. The summed E-state index contributed by atoms with van der Waals surface area (Å²) in [5, 5.41) is 0.620. The van der Waals surface area contributed by atoms with Gasteiger partial charge in [-0.05, 0) is 43.2 Å². The number of fused-ring (bicyclic) bond motifs is 1. The third-order valence-corrected chi connectivity index (χ3v) is 8.18. The zero-order chi connectivity index (χ0) is 30.5. The lowest BCUT2D eigenvalue weighted by Crippen LogP contribution is -2.35. The Morgan fingerprint density at radius 3 is 1.73 bits per heavy atom. The molecule has 0 saturated carbocycles. The first-order valence-corrected chi connectivity index (χ1v) is 15.7. The zero-order valence-electron chi connectivity index (χ0n) is 23.6. The summed E-state index contributed by atoms with van der Waals surface area (Å²) in [6.07, 6.45) is 0.687. The number of nitrogens with zero attached hydrogens (tertiary/aromatic N) is 2. The Kier molecular flexibility index (Phi) is 13.9. The average Bonchev–Trinajstić information content (AvgIpc) is 3.37. The smallest absolute Gasteiger partial charge is 0.422 e. The molecule has 0 aliphatic carbocycles. The topological polar surface area (TPSA) is 121 Å². The second kappa shape index (κ2) is 16.6. The van der Waals surface area contributed by atoms with Crippen molar-refractivity contribution in [2.24, 2.45) is 0 Å². The molecule has 0 saturated heterocycles. The van der Waals surface area contributed by atoms with Gasteiger partial charge in [0, 0.05) is 30.9 Å². The fraction of sp³-hybridized carbons (Fsp3) is 0.577. The molecule has 1 heterocycles. The molecule has 0 fully saturated rings. The van der Waals surface area contributed by atoms with E-state index in [1.54, 1.807) is 24.3 Å². The maximum absolute atomic E-state index is 15.3. The Bertz CT molecular complexity index is 1110. The van der Waals surface area contributed by atoms with Gasteiger partial charge >= 0.3 is 31.6 Å². The number of rotatable bonds is 17. The molecule has 0 radical (unpaired) electrons. The third-order valence-electron chi connectivity index (χ3n) is 5.46. The van der Waals surface area contributed by atoms with Crippen LogP contribution in [0.15, 0.2) is 30.3 Å². The van der Waals surface area contributed by atoms with Crippen molar-refractivity contribution in [3.8, 4) is 0 Å². The highest BCUT2D eigenvalue weighted by Crippen LogP contribution is 2.62. The maximum Gasteiger partial charge on any atom is 0.506 e. The number of benzene rings is 1. The maximum atomic E-state index is 15.3. The molecule has 2 rings (SSSR count). The molecule has 11 nitrogen and oxygen atoms in total. The number of carbonyl (C=O) groups excluding carboxylic acids is 3. The number of ether oxygens (including phenoxy) is 3. The summed E-state index contributed by atoms with van der Waals surface area (Å²) in [5.41, 5.74) is 0. The van der Waals surface area contributed by atoms with Gasteiger partial charge in [-0.25, -0.2) is 18.9 Å². The number of amides is 2. The summed E-state index contributed by atoms with van der Waals surface area (Å²) < 4.78 is 68.0. The highest BCUT2D eigenvalue weighted by molar-refractivity contribution is 7.54. The van der Waals surface area contributed by atoms with Crippen molar-refractivity contribution >= 4 is 47.2 Å². The number of hydrogen-bond acceptors (Lipinski definition) is 10. The number of esters is 1. The monoisotopic (exact) mass is 622 g/mol. The molecule has 230 valence electrons. The van der Waals surface area contributed by atoms with E-state index in [-0.39, 0.29) is 4.88 Å². The lowest BCUT2D eigenvalue weighted by Gasteiger charge is -2.26. The minimum Gasteiger partial charge on any atom is -0.422 e. The molecule has 0 atom stereocenters. The molecule has 2 aromatic rings. The van der Waals surface area contributed by atoms with E-state index in [1.807, 2.05) is 27.7 Å². The second-order valence-corrected chi connectivity index (χ2v) is 11.9. The summed E-state index contributed by atoms with van der Waals surface area (Å²) >= 11 is 0.896. The normalized spacial score (nSPS) is 11.8. The zero-order valence-corrected chi connectivity index (χ0v) is 25.3. The number of halogens is 2. The highest BCUT2D eigenvalue weighted by Gasteiger charge is 2.59. The van der Waals surface area contributed by atoms with Crippen LogP contribution in [0.1, 0.15) is 63.0 Å². The SMILES string of the molecule is CCCN(CCC)C(=O)OCOP(=O)(OCOC(=O)N(CCC)CCC)C(F)(F)OC(=O)c1cc2ccccc2s1. The van der Waals surface area contributed by atoms with Crippen molar-refractivity contribution in [1.29, 1.82) is 0 Å². The van der Waals surface area contributed by atoms with Crippen LogP contribution < -0.4 is 0 Å². The van der Waals surface area contributed by atoms with E-state index in [0.29, 0.717) is 61.9 Å². The van der Waals surface area contributed by atoms with E-state index >= 15 is 8.78 Å². The first-order chi connectivity index (χ1) is 19.5. The Hall–Kier alpha value is -2.80. The van der Waals surface area contributed by atoms with E-state index in [9.17, 15) is 18.9 Å². The van der Waals surface area contributed by atoms with Crippen LogP contribution >= 0.6 is 18.9 Å². The highest BCUT2D eigenvalue weighted by atomic mass is 32.1. The van der Waals surface area contributed by atoms with Gasteiger partial charge in [-0.1, -0.05) is 45.9 Å². The van der Waals surface area contributed by atoms with Crippen LogP contribution in [0, 0.1) is 0 Å². The van der Waals surface area contributed by atoms with Gasteiger partial charge in [0.15, 0.2) is 0 Å². The molecule has 41 heavy (non-hydrogen) atoms. The lowest BCUT2D eigenvalue weighted by atomic mass is 10.2. The standard InChI is InChI=1S/C26H37F2N2O9PS/c1-5-13-29(14-6-2)24(32)35-18-37-40(34,38-19-36-25(33)30(15-7-3)16-8-4)26(27,28)39-23(31)22-17-20-11-9-10-12-21(20)41-22/h9-12,17H,5-8,13-16,18-19H2,1-4H3. The quantitative estimate of drug-likeness (QED) is 0.0776. The number of thiophene rings is 1. The van der Waals surface area contributed by atoms with Crippen LogP contribution in [0.25, 0.3) is 10.1 Å². The van der Waals surface area contributed by atoms with Crippen LogP contribution in [-0.4, -0.2) is 73.6 Å². The Morgan fingerprint density at radius 2 is 1.29 bits per heavy atom. The Morgan fingerprint density at radius 1 is 0.829 bits per heavy atom. The van der Waals surface area contributed by atoms with Gasteiger partial charge in [-0.15, -0.1) is 11.3 Å². The van der Waals surface area contributed by atoms with Crippen LogP contribution in [0.2, 0.25) is 0 Å². The van der Waals surface area contributed by atoms with Crippen molar-refractivity contribution in [3.05, 3.63) is 35.2 Å². The summed E-state index contributed by atoms with van der Waals surface area (Å²) in [5.74, 6) is -6.32. The molecule has 0 aliphatic heterocycles. The van der Waals surface area contributed by atoms with Gasteiger partial charge in [0.2, 0.25) is 13.6 Å². The molecule has 0 N–H and O–H groups in total. The average molecular weight is 623 g/mol. The number of hydrogen-bond donors (Lipinski definition) is 0. The van der Waals surface area contributed by atoms with Crippen LogP contribution in [0.3, 0.4) is 0 Å². The van der Waals surface area contributed by atoms with Gasteiger partial charge < -0.3 is 24.0 Å². The fourth-order valence-electron chi connectivity index (χ4n) is 3.63. The minimum absolute atomic E-state index is 0.181. The van der Waals surface area contributed by atoms with Crippen LogP contribution in [0.5, 0.6) is 0 Å². The number of carbonyl (C=O) groups is 3. The van der Waals surface area contributed by atoms with Crippen molar-refractivity contribution in [2.75, 3.05) is 39.8 Å². The molecular formula is C26H37F2N2O9PS. The van der Waals surface area contributed by atoms with Gasteiger partial charge in [0.25, 0.3) is 0 Å². The first kappa shape index (κ1) is 34.4. The predicted octanol–water partition coefficient (Wildman–Crippen LogP) is 7.27. The predicted molar refractivity (Wildman–Crippen MR) is 149 cm³/mol. The molecule has 0 bridgehead atoms. The van der Waals surface area contributed by atoms with Crippen molar-refractivity contribution < 1.29 is 51.0 Å². The molecule has 1 aromatic carbocycles. The minimum atomic E-state index is -5.73. The molecular weight excluding hydrogens is 585 g/mol. The van der Waals surface area contributed by atoms with E-state index in [1.165, 1.54) is 15.9 Å². The second-order valence-electron chi connectivity index (χ2n) is 8.81. The third kappa shape index (κ3) is 9.91. The van der Waals surface area contributed by atoms with Crippen LogP contribution in [0.4, 0.5) is 18.4 Å². The summed E-state index contributed by atoms with van der Waals surface area (Å²) in [7, 11) is -5.73. The molecule has 0 spiro atoms. The Labute approximate surface area is 242 Å². The van der Waals surface area contributed by atoms with Crippen LogP contribution in [-0.2, 0) is 27.8 Å². The molecule has 15 heteroatoms. The van der Waals surface area contributed by atoms with Gasteiger partial charge in [0.05, 0.1) is 0 Å². The molecule has 0 unspecified atom stereocenters. The van der Waals surface area contributed by atoms with Crippen molar-refractivity contribution in [1.82, 2.24) is 9.80 Å². The van der Waals surface area contributed by atoms with Crippen molar-refractivity contribution in [3.63, 3.8) is 0 Å². The fourth-order valence-corrected chi connectivity index (χ4v) is 5.52. The van der Waals surface area contributed by atoms with E-state index < -0.39 is 45.2 Å².